The van der Waals surface area contributed by atoms with Gasteiger partial charge >= 0.3 is 0 Å². The van der Waals surface area contributed by atoms with Crippen molar-refractivity contribution in [2.45, 2.75) is 27.2 Å². The minimum Gasteiger partial charge on any atom is -0.493 e. The first-order valence-electron chi connectivity index (χ1n) is 8.85. The number of benzene rings is 1. The topological polar surface area (TPSA) is 79.9 Å². The van der Waals surface area contributed by atoms with E-state index in [1.165, 1.54) is 14.2 Å². The molecule has 0 aliphatic carbocycles. The number of carbonyl (C=O) groups is 2. The van der Waals surface area contributed by atoms with Crippen LogP contribution in [0.3, 0.4) is 0 Å². The van der Waals surface area contributed by atoms with Gasteiger partial charge in [-0.1, -0.05) is 20.8 Å². The molecule has 2 amide bonds. The molecule has 7 nitrogen and oxygen atoms in total. The molecule has 0 aromatic heterocycles. The van der Waals surface area contributed by atoms with Crippen molar-refractivity contribution in [3.05, 3.63) is 17.7 Å². The van der Waals surface area contributed by atoms with E-state index in [0.717, 1.165) is 19.5 Å². The Bertz CT molecular complexity index is 659. The average Bonchev–Trinajstić information content (AvgIpc) is 2.89. The molecular weight excluding hydrogens is 334 g/mol. The summed E-state index contributed by atoms with van der Waals surface area (Å²) in [5.74, 6) is 0.624. The lowest BCUT2D eigenvalue weighted by molar-refractivity contribution is -0.123. The van der Waals surface area contributed by atoms with E-state index in [1.54, 1.807) is 17.0 Å². The molecule has 0 bridgehead atoms. The molecule has 0 spiro atoms. The van der Waals surface area contributed by atoms with E-state index >= 15 is 0 Å². The summed E-state index contributed by atoms with van der Waals surface area (Å²) < 4.78 is 10.7. The Hall–Kier alpha value is -2.28. The molecule has 26 heavy (non-hydrogen) atoms. The average molecular weight is 363 g/mol. The fourth-order valence-corrected chi connectivity index (χ4v) is 2.69. The maximum absolute atomic E-state index is 13.1. The SMILES string of the molecule is COc1cc(NC(=O)C(C)(C)C)c(C(=O)N2CCCNCC2)cc1OC. The van der Waals surface area contributed by atoms with Crippen LogP contribution in [-0.4, -0.2) is 57.1 Å². The molecule has 1 saturated heterocycles. The van der Waals surface area contributed by atoms with E-state index in [1.807, 2.05) is 20.8 Å². The maximum atomic E-state index is 13.1. The molecule has 7 heteroatoms. The Morgan fingerprint density at radius 3 is 2.35 bits per heavy atom. The summed E-state index contributed by atoms with van der Waals surface area (Å²) in [6.07, 6.45) is 0.892. The molecule has 1 aromatic carbocycles. The Labute approximate surface area is 155 Å². The van der Waals surface area contributed by atoms with Gasteiger partial charge in [-0.05, 0) is 19.0 Å². The minimum atomic E-state index is -0.583. The smallest absolute Gasteiger partial charge is 0.256 e. The van der Waals surface area contributed by atoms with Gasteiger partial charge in [-0.15, -0.1) is 0 Å². The Kier molecular flexibility index (Phi) is 6.47. The molecule has 0 radical (unpaired) electrons. The summed E-state index contributed by atoms with van der Waals surface area (Å²) >= 11 is 0. The lowest BCUT2D eigenvalue weighted by Crippen LogP contribution is -2.35. The maximum Gasteiger partial charge on any atom is 0.256 e. The van der Waals surface area contributed by atoms with Crippen molar-refractivity contribution in [1.82, 2.24) is 10.2 Å². The van der Waals surface area contributed by atoms with E-state index in [2.05, 4.69) is 10.6 Å². The van der Waals surface area contributed by atoms with Crippen LogP contribution < -0.4 is 20.1 Å². The van der Waals surface area contributed by atoms with E-state index in [4.69, 9.17) is 9.47 Å². The van der Waals surface area contributed by atoms with Gasteiger partial charge in [0.25, 0.3) is 5.91 Å². The molecular formula is C19H29N3O4. The van der Waals surface area contributed by atoms with Crippen molar-refractivity contribution in [1.29, 1.82) is 0 Å². The third kappa shape index (κ3) is 4.66. The highest BCUT2D eigenvalue weighted by atomic mass is 16.5. The van der Waals surface area contributed by atoms with Crippen LogP contribution in [-0.2, 0) is 4.79 Å². The summed E-state index contributed by atoms with van der Waals surface area (Å²) in [7, 11) is 3.05. The van der Waals surface area contributed by atoms with Crippen molar-refractivity contribution >= 4 is 17.5 Å². The van der Waals surface area contributed by atoms with Gasteiger partial charge in [-0.25, -0.2) is 0 Å². The molecule has 2 rings (SSSR count). The van der Waals surface area contributed by atoms with E-state index < -0.39 is 5.41 Å². The second kappa shape index (κ2) is 8.40. The number of carbonyl (C=O) groups excluding carboxylic acids is 2. The third-order valence-electron chi connectivity index (χ3n) is 4.31. The monoisotopic (exact) mass is 363 g/mol. The predicted molar refractivity (Wildman–Crippen MR) is 101 cm³/mol. The van der Waals surface area contributed by atoms with E-state index in [-0.39, 0.29) is 11.8 Å². The molecule has 1 aliphatic heterocycles. The van der Waals surface area contributed by atoms with Gasteiger partial charge in [0.2, 0.25) is 5.91 Å². The first-order chi connectivity index (χ1) is 12.3. The van der Waals surface area contributed by atoms with Crippen LogP contribution in [0.4, 0.5) is 5.69 Å². The second-order valence-electron chi connectivity index (χ2n) is 7.35. The highest BCUT2D eigenvalue weighted by Gasteiger charge is 2.27. The first kappa shape index (κ1) is 20.0. The second-order valence-corrected chi connectivity index (χ2v) is 7.35. The number of rotatable bonds is 4. The van der Waals surface area contributed by atoms with Gasteiger partial charge < -0.3 is 25.0 Å². The normalized spacial score (nSPS) is 15.2. The van der Waals surface area contributed by atoms with Gasteiger partial charge in [0.15, 0.2) is 11.5 Å². The van der Waals surface area contributed by atoms with Crippen LogP contribution in [0.25, 0.3) is 0 Å². The standard InChI is InChI=1S/C19H29N3O4/c1-19(2,3)18(24)21-14-12-16(26-5)15(25-4)11-13(14)17(23)22-9-6-7-20-8-10-22/h11-12,20H,6-10H2,1-5H3,(H,21,24). The van der Waals surface area contributed by atoms with Gasteiger partial charge in [0.05, 0.1) is 25.5 Å². The van der Waals surface area contributed by atoms with Crippen LogP contribution in [0.15, 0.2) is 12.1 Å². The zero-order valence-electron chi connectivity index (χ0n) is 16.3. The zero-order valence-corrected chi connectivity index (χ0v) is 16.3. The lowest BCUT2D eigenvalue weighted by atomic mass is 9.95. The number of ether oxygens (including phenoxy) is 2. The van der Waals surface area contributed by atoms with Crippen LogP contribution in [0.1, 0.15) is 37.6 Å². The van der Waals surface area contributed by atoms with Crippen molar-refractivity contribution in [2.24, 2.45) is 5.41 Å². The minimum absolute atomic E-state index is 0.126. The van der Waals surface area contributed by atoms with Crippen molar-refractivity contribution in [3.63, 3.8) is 0 Å². The van der Waals surface area contributed by atoms with Gasteiger partial charge in [-0.2, -0.15) is 0 Å². The largest absolute Gasteiger partial charge is 0.493 e. The number of anilines is 1. The molecule has 0 atom stereocenters. The summed E-state index contributed by atoms with van der Waals surface area (Å²) in [5, 5.41) is 6.16. The molecule has 0 unspecified atom stereocenters. The Morgan fingerprint density at radius 1 is 1.08 bits per heavy atom. The fourth-order valence-electron chi connectivity index (χ4n) is 2.69. The number of nitrogens with one attached hydrogen (secondary N) is 2. The number of hydrogen-bond donors (Lipinski definition) is 2. The van der Waals surface area contributed by atoms with E-state index in [9.17, 15) is 9.59 Å². The van der Waals surface area contributed by atoms with Crippen LogP contribution >= 0.6 is 0 Å². The third-order valence-corrected chi connectivity index (χ3v) is 4.31. The summed E-state index contributed by atoms with van der Waals surface area (Å²) in [6, 6.07) is 3.28. The predicted octanol–water partition coefficient (Wildman–Crippen LogP) is 2.12. The van der Waals surface area contributed by atoms with Crippen molar-refractivity contribution in [3.8, 4) is 11.5 Å². The zero-order chi connectivity index (χ0) is 19.3. The van der Waals surface area contributed by atoms with Gasteiger partial charge in [-0.3, -0.25) is 9.59 Å². The summed E-state index contributed by atoms with van der Waals surface area (Å²) in [4.78, 5) is 27.4. The fraction of sp³-hybridized carbons (Fsp3) is 0.579. The quantitative estimate of drug-likeness (QED) is 0.857. The lowest BCUT2D eigenvalue weighted by Gasteiger charge is -2.24. The number of methoxy groups -OCH3 is 2. The van der Waals surface area contributed by atoms with Crippen LogP contribution in [0.5, 0.6) is 11.5 Å². The number of nitrogens with zero attached hydrogens (tertiary/aromatic N) is 1. The summed E-state index contributed by atoms with van der Waals surface area (Å²) in [6.45, 7) is 8.42. The van der Waals surface area contributed by atoms with Gasteiger partial charge in [0, 0.05) is 31.1 Å². The van der Waals surface area contributed by atoms with Gasteiger partial charge in [0.1, 0.15) is 0 Å². The number of hydrogen-bond acceptors (Lipinski definition) is 5. The molecule has 1 aliphatic rings. The van der Waals surface area contributed by atoms with Crippen LogP contribution in [0.2, 0.25) is 0 Å². The highest BCUT2D eigenvalue weighted by Crippen LogP contribution is 2.35. The first-order valence-corrected chi connectivity index (χ1v) is 8.85. The molecule has 144 valence electrons. The molecule has 1 fully saturated rings. The Morgan fingerprint density at radius 2 is 1.73 bits per heavy atom. The molecule has 1 heterocycles. The van der Waals surface area contributed by atoms with E-state index in [0.29, 0.717) is 35.8 Å². The highest BCUT2D eigenvalue weighted by molar-refractivity contribution is 6.05. The Balaban J connectivity index is 2.43. The van der Waals surface area contributed by atoms with Crippen LogP contribution in [0, 0.1) is 5.41 Å². The van der Waals surface area contributed by atoms with Crippen molar-refractivity contribution < 1.29 is 19.1 Å². The van der Waals surface area contributed by atoms with Crippen molar-refractivity contribution in [2.75, 3.05) is 45.7 Å². The molecule has 0 saturated carbocycles. The molecule has 2 N–H and O–H groups in total. The number of amides is 2. The molecule has 1 aromatic rings. The summed E-state index contributed by atoms with van der Waals surface area (Å²) in [5.41, 5.74) is 0.256.